The molecular weight excluding hydrogens is 265 g/mol. The molecule has 0 aromatic heterocycles. The van der Waals surface area contributed by atoms with E-state index in [0.717, 1.165) is 0 Å². The Morgan fingerprint density at radius 2 is 2.36 bits per heavy atom. The molecule has 1 rings (SSSR count). The molecule has 0 spiro atoms. The summed E-state index contributed by atoms with van der Waals surface area (Å²) in [6.45, 7) is 0. The van der Waals surface area contributed by atoms with E-state index in [9.17, 15) is 14.5 Å². The highest BCUT2D eigenvalue weighted by atomic mass is 127. The first kappa shape index (κ1) is 8.57. The molecule has 1 heterocycles. The van der Waals surface area contributed by atoms with Crippen LogP contribution in [0.15, 0.2) is 5.18 Å². The number of carbonyl (C=O) groups is 2. The standard InChI is InChI=1S/C5H4INO4/c6-2-1-3(8)11-4(2)5(9)7-10/h2,4H,1H2. The largest absolute Gasteiger partial charge is 0.451 e. The SMILES string of the molecule is O=NC(=O)C1OC(=O)CC1I. The van der Waals surface area contributed by atoms with Crippen molar-refractivity contribution < 1.29 is 14.3 Å². The Labute approximate surface area is 75.6 Å². The molecule has 0 bridgehead atoms. The summed E-state index contributed by atoms with van der Waals surface area (Å²) in [6.07, 6.45) is -0.785. The number of nitrogens with zero attached hydrogens (tertiary/aromatic N) is 1. The van der Waals surface area contributed by atoms with Gasteiger partial charge in [-0.1, -0.05) is 22.6 Å². The lowest BCUT2D eigenvalue weighted by molar-refractivity contribution is -0.146. The van der Waals surface area contributed by atoms with Crippen molar-refractivity contribution in [3.8, 4) is 0 Å². The maximum atomic E-state index is 10.6. The highest BCUT2D eigenvalue weighted by Gasteiger charge is 2.38. The quantitative estimate of drug-likeness (QED) is 0.299. The van der Waals surface area contributed by atoms with Gasteiger partial charge in [-0.25, -0.2) is 0 Å². The van der Waals surface area contributed by atoms with E-state index >= 15 is 0 Å². The number of alkyl halides is 1. The molecule has 0 aromatic rings. The van der Waals surface area contributed by atoms with Crippen LogP contribution in [-0.4, -0.2) is 21.9 Å². The maximum absolute atomic E-state index is 10.6. The van der Waals surface area contributed by atoms with Crippen molar-refractivity contribution >= 4 is 34.5 Å². The van der Waals surface area contributed by atoms with Crippen molar-refractivity contribution in [3.05, 3.63) is 4.91 Å². The molecule has 1 fully saturated rings. The Bertz CT molecular complexity index is 217. The highest BCUT2D eigenvalue weighted by molar-refractivity contribution is 14.1. The number of esters is 1. The summed E-state index contributed by atoms with van der Waals surface area (Å²) in [5.74, 6) is -1.36. The molecule has 0 radical (unpaired) electrons. The molecule has 1 aliphatic rings. The number of rotatable bonds is 1. The molecule has 0 N–H and O–H groups in total. The van der Waals surface area contributed by atoms with Crippen molar-refractivity contribution in [3.63, 3.8) is 0 Å². The molecule has 0 saturated carbocycles. The van der Waals surface area contributed by atoms with Crippen LogP contribution in [0.3, 0.4) is 0 Å². The van der Waals surface area contributed by atoms with E-state index in [2.05, 4.69) is 9.91 Å². The lowest BCUT2D eigenvalue weighted by Gasteiger charge is -2.04. The summed E-state index contributed by atoms with van der Waals surface area (Å²) in [5.41, 5.74) is 0. The Kier molecular flexibility index (Phi) is 2.53. The zero-order valence-electron chi connectivity index (χ0n) is 5.32. The number of hydrogen-bond acceptors (Lipinski definition) is 4. The van der Waals surface area contributed by atoms with Crippen molar-refractivity contribution in [1.29, 1.82) is 0 Å². The summed E-state index contributed by atoms with van der Waals surface area (Å²) >= 11 is 1.88. The van der Waals surface area contributed by atoms with Crippen molar-refractivity contribution in [2.24, 2.45) is 5.18 Å². The molecule has 1 amide bonds. The zero-order valence-corrected chi connectivity index (χ0v) is 7.48. The number of hydrogen-bond donors (Lipinski definition) is 0. The van der Waals surface area contributed by atoms with E-state index in [-0.39, 0.29) is 10.3 Å². The molecule has 2 atom stereocenters. The lowest BCUT2D eigenvalue weighted by Crippen LogP contribution is -2.24. The number of amides is 1. The molecule has 60 valence electrons. The first-order valence-electron chi connectivity index (χ1n) is 2.86. The number of halogens is 1. The Balaban J connectivity index is 2.66. The van der Waals surface area contributed by atoms with Gasteiger partial charge in [0, 0.05) is 5.18 Å². The summed E-state index contributed by atoms with van der Waals surface area (Å²) in [4.78, 5) is 30.9. The fraction of sp³-hybridized carbons (Fsp3) is 0.600. The third-order valence-corrected chi connectivity index (χ3v) is 2.38. The van der Waals surface area contributed by atoms with Gasteiger partial charge in [-0.15, -0.1) is 4.91 Å². The zero-order chi connectivity index (χ0) is 8.43. The second-order valence-electron chi connectivity index (χ2n) is 2.06. The smallest absolute Gasteiger partial charge is 0.327 e. The van der Waals surface area contributed by atoms with Gasteiger partial charge in [-0.2, -0.15) is 0 Å². The number of carbonyl (C=O) groups excluding carboxylic acids is 2. The van der Waals surface area contributed by atoms with E-state index in [1.807, 2.05) is 22.6 Å². The fourth-order valence-electron chi connectivity index (χ4n) is 0.787. The molecular formula is C5H4INO4. The van der Waals surface area contributed by atoms with Crippen molar-refractivity contribution in [1.82, 2.24) is 0 Å². The van der Waals surface area contributed by atoms with Crippen LogP contribution in [0.4, 0.5) is 0 Å². The van der Waals surface area contributed by atoms with Gasteiger partial charge in [0.05, 0.1) is 10.3 Å². The van der Waals surface area contributed by atoms with Crippen LogP contribution >= 0.6 is 22.6 Å². The third kappa shape index (κ3) is 1.73. The van der Waals surface area contributed by atoms with Gasteiger partial charge in [0.15, 0.2) is 6.10 Å². The van der Waals surface area contributed by atoms with E-state index < -0.39 is 18.0 Å². The van der Waals surface area contributed by atoms with Gasteiger partial charge >= 0.3 is 11.9 Å². The second kappa shape index (κ2) is 3.24. The molecule has 1 aliphatic heterocycles. The molecule has 0 aliphatic carbocycles. The van der Waals surface area contributed by atoms with Crippen LogP contribution in [0, 0.1) is 4.91 Å². The highest BCUT2D eigenvalue weighted by Crippen LogP contribution is 2.23. The second-order valence-corrected chi connectivity index (χ2v) is 3.66. The minimum atomic E-state index is -0.958. The third-order valence-electron chi connectivity index (χ3n) is 1.28. The summed E-state index contributed by atoms with van der Waals surface area (Å²) < 4.78 is 4.28. The predicted octanol–water partition coefficient (Wildman–Crippen LogP) is 0.398. The lowest BCUT2D eigenvalue weighted by atomic mass is 10.2. The Morgan fingerprint density at radius 1 is 1.73 bits per heavy atom. The number of cyclic esters (lactones) is 1. The Hall–Kier alpha value is -0.530. The van der Waals surface area contributed by atoms with E-state index in [0.29, 0.717) is 0 Å². The summed E-state index contributed by atoms with van der Waals surface area (Å²) in [7, 11) is 0. The van der Waals surface area contributed by atoms with Gasteiger partial charge in [0.25, 0.3) is 0 Å². The average molecular weight is 269 g/mol. The molecule has 11 heavy (non-hydrogen) atoms. The normalized spacial score (nSPS) is 29.7. The fourth-order valence-corrected chi connectivity index (χ4v) is 1.60. The molecule has 6 heteroatoms. The molecule has 0 aromatic carbocycles. The van der Waals surface area contributed by atoms with Gasteiger partial charge in [-0.05, 0) is 0 Å². The van der Waals surface area contributed by atoms with E-state index in [4.69, 9.17) is 0 Å². The Morgan fingerprint density at radius 3 is 2.73 bits per heavy atom. The molecule has 1 saturated heterocycles. The minimum Gasteiger partial charge on any atom is -0.451 e. The number of ether oxygens (including phenoxy) is 1. The van der Waals surface area contributed by atoms with Gasteiger partial charge in [-0.3, -0.25) is 9.59 Å². The van der Waals surface area contributed by atoms with Crippen LogP contribution in [0.25, 0.3) is 0 Å². The maximum Gasteiger partial charge on any atom is 0.327 e. The van der Waals surface area contributed by atoms with Crippen molar-refractivity contribution in [2.45, 2.75) is 16.4 Å². The van der Waals surface area contributed by atoms with Gasteiger partial charge in [0.1, 0.15) is 0 Å². The molecule has 2 unspecified atom stereocenters. The van der Waals surface area contributed by atoms with Crippen LogP contribution in [0.5, 0.6) is 0 Å². The first-order chi connectivity index (χ1) is 5.15. The van der Waals surface area contributed by atoms with Crippen molar-refractivity contribution in [2.75, 3.05) is 0 Å². The predicted molar refractivity (Wildman–Crippen MR) is 43.1 cm³/mol. The molecule has 5 nitrogen and oxygen atoms in total. The van der Waals surface area contributed by atoms with Crippen LogP contribution < -0.4 is 0 Å². The van der Waals surface area contributed by atoms with Crippen LogP contribution in [-0.2, 0) is 14.3 Å². The van der Waals surface area contributed by atoms with E-state index in [1.165, 1.54) is 0 Å². The van der Waals surface area contributed by atoms with Crippen LogP contribution in [0.1, 0.15) is 6.42 Å². The van der Waals surface area contributed by atoms with Gasteiger partial charge in [0.2, 0.25) is 0 Å². The van der Waals surface area contributed by atoms with Gasteiger partial charge < -0.3 is 4.74 Å². The monoisotopic (exact) mass is 269 g/mol. The number of nitroso groups, excluding NO2 is 1. The topological polar surface area (TPSA) is 72.8 Å². The minimum absolute atomic E-state index is 0.173. The van der Waals surface area contributed by atoms with Crippen LogP contribution in [0.2, 0.25) is 0 Å². The average Bonchev–Trinajstić information content (AvgIpc) is 2.28. The summed E-state index contributed by atoms with van der Waals surface area (Å²) in [5, 5.41) is 2.18. The van der Waals surface area contributed by atoms with E-state index in [1.54, 1.807) is 0 Å². The summed E-state index contributed by atoms with van der Waals surface area (Å²) in [6, 6.07) is 0. The first-order valence-corrected chi connectivity index (χ1v) is 4.10.